The van der Waals surface area contributed by atoms with Crippen molar-refractivity contribution in [3.8, 4) is 0 Å². The largest absolute Gasteiger partial charge is 0.287 e. The van der Waals surface area contributed by atoms with Crippen LogP contribution >= 0.6 is 12.0 Å². The summed E-state index contributed by atoms with van der Waals surface area (Å²) >= 11 is 0.820. The predicted molar refractivity (Wildman–Crippen MR) is 113 cm³/mol. The van der Waals surface area contributed by atoms with Gasteiger partial charge in [0.05, 0.1) is 23.4 Å². The van der Waals surface area contributed by atoms with Gasteiger partial charge in [-0.05, 0) is 61.9 Å². The summed E-state index contributed by atoms with van der Waals surface area (Å²) in [4.78, 5) is 25.4. The van der Waals surface area contributed by atoms with Gasteiger partial charge in [0.1, 0.15) is 5.36 Å². The Kier molecular flexibility index (Phi) is 7.09. The van der Waals surface area contributed by atoms with Crippen LogP contribution in [-0.2, 0) is 9.37 Å². The summed E-state index contributed by atoms with van der Waals surface area (Å²) < 4.78 is 4.34. The SMILES string of the molecule is Cc1ccc(NN=c2c(=O)ccc(=NNc3ccc(SOOO)cc3)c2=O)c(C)c1. The van der Waals surface area contributed by atoms with E-state index in [1.165, 1.54) is 12.1 Å². The van der Waals surface area contributed by atoms with Crippen molar-refractivity contribution in [1.82, 2.24) is 0 Å². The Morgan fingerprint density at radius 3 is 2.40 bits per heavy atom. The molecule has 0 heterocycles. The Bertz CT molecular complexity index is 1250. The van der Waals surface area contributed by atoms with E-state index in [-0.39, 0.29) is 10.7 Å². The molecule has 154 valence electrons. The van der Waals surface area contributed by atoms with Gasteiger partial charge in [-0.25, -0.2) is 5.26 Å². The molecular formula is C20H18N4O5S. The van der Waals surface area contributed by atoms with Crippen LogP contribution in [0.3, 0.4) is 0 Å². The maximum atomic E-state index is 12.6. The number of nitrogens with one attached hydrogen (secondary N) is 2. The minimum Gasteiger partial charge on any atom is -0.287 e. The molecule has 0 unspecified atom stereocenters. The molecule has 0 saturated carbocycles. The molecule has 30 heavy (non-hydrogen) atoms. The molecular weight excluding hydrogens is 408 g/mol. The fraction of sp³-hybridized carbons (Fsp3) is 0.100. The fourth-order valence-corrected chi connectivity index (χ4v) is 2.91. The Labute approximate surface area is 175 Å². The fourth-order valence-electron chi connectivity index (χ4n) is 2.56. The van der Waals surface area contributed by atoms with E-state index in [1.54, 1.807) is 24.3 Å². The van der Waals surface area contributed by atoms with E-state index in [2.05, 4.69) is 30.4 Å². The average molecular weight is 426 g/mol. The monoisotopic (exact) mass is 426 g/mol. The zero-order valence-corrected chi connectivity index (χ0v) is 16.9. The van der Waals surface area contributed by atoms with Gasteiger partial charge in [-0.3, -0.25) is 20.4 Å². The molecule has 0 aromatic heterocycles. The maximum Gasteiger partial charge on any atom is 0.237 e. The van der Waals surface area contributed by atoms with Crippen LogP contribution in [0.2, 0.25) is 0 Å². The average Bonchev–Trinajstić information content (AvgIpc) is 2.73. The van der Waals surface area contributed by atoms with Gasteiger partial charge in [-0.2, -0.15) is 10.2 Å². The first-order valence-corrected chi connectivity index (χ1v) is 9.48. The van der Waals surface area contributed by atoms with Crippen LogP contribution in [0.4, 0.5) is 11.4 Å². The van der Waals surface area contributed by atoms with Gasteiger partial charge in [-0.1, -0.05) is 22.7 Å². The lowest BCUT2D eigenvalue weighted by molar-refractivity contribution is -0.432. The lowest BCUT2D eigenvalue weighted by Gasteiger charge is -2.05. The van der Waals surface area contributed by atoms with E-state index >= 15 is 0 Å². The number of aryl methyl sites for hydroxylation is 2. The van der Waals surface area contributed by atoms with E-state index in [9.17, 15) is 9.59 Å². The summed E-state index contributed by atoms with van der Waals surface area (Å²) in [5.74, 6) is 0. The van der Waals surface area contributed by atoms with Gasteiger partial charge in [0, 0.05) is 4.90 Å². The van der Waals surface area contributed by atoms with Crippen LogP contribution in [0.15, 0.2) is 79.3 Å². The van der Waals surface area contributed by atoms with E-state index < -0.39 is 10.9 Å². The number of benzene rings is 3. The summed E-state index contributed by atoms with van der Waals surface area (Å²) in [6, 6.07) is 15.0. The summed E-state index contributed by atoms with van der Waals surface area (Å²) in [5.41, 5.74) is 7.79. The van der Waals surface area contributed by atoms with E-state index in [1.807, 2.05) is 32.0 Å². The van der Waals surface area contributed by atoms with Gasteiger partial charge < -0.3 is 0 Å². The molecule has 3 aromatic carbocycles. The number of hydrogen-bond donors (Lipinski definition) is 3. The molecule has 0 aliphatic carbocycles. The van der Waals surface area contributed by atoms with Crippen molar-refractivity contribution in [2.45, 2.75) is 18.7 Å². The molecule has 0 aliphatic heterocycles. The lowest BCUT2D eigenvalue weighted by atomic mass is 10.1. The molecule has 0 amide bonds. The highest BCUT2D eigenvalue weighted by Crippen LogP contribution is 2.21. The molecule has 0 saturated heterocycles. The van der Waals surface area contributed by atoms with Crippen molar-refractivity contribution in [2.75, 3.05) is 10.9 Å². The quantitative estimate of drug-likeness (QED) is 0.299. The van der Waals surface area contributed by atoms with Crippen LogP contribution in [0.25, 0.3) is 0 Å². The number of anilines is 2. The first kappa shape index (κ1) is 21.4. The Morgan fingerprint density at radius 1 is 0.933 bits per heavy atom. The van der Waals surface area contributed by atoms with Crippen LogP contribution in [0.1, 0.15) is 11.1 Å². The third-order valence-electron chi connectivity index (χ3n) is 4.06. The first-order chi connectivity index (χ1) is 14.5. The Morgan fingerprint density at radius 2 is 1.70 bits per heavy atom. The highest BCUT2D eigenvalue weighted by atomic mass is 32.2. The van der Waals surface area contributed by atoms with Crippen molar-refractivity contribution in [1.29, 1.82) is 0 Å². The highest BCUT2D eigenvalue weighted by Gasteiger charge is 2.03. The molecule has 0 radical (unpaired) electrons. The van der Waals surface area contributed by atoms with Gasteiger partial charge in [0.2, 0.25) is 10.9 Å². The summed E-state index contributed by atoms with van der Waals surface area (Å²) in [6.45, 7) is 3.88. The van der Waals surface area contributed by atoms with Crippen molar-refractivity contribution in [3.63, 3.8) is 0 Å². The minimum absolute atomic E-state index is 0.0474. The van der Waals surface area contributed by atoms with Crippen molar-refractivity contribution in [3.05, 3.63) is 96.9 Å². The normalized spacial score (nSPS) is 12.2. The first-order valence-electron chi connectivity index (χ1n) is 8.74. The molecule has 0 aliphatic rings. The molecule has 3 rings (SSSR count). The number of rotatable bonds is 7. The maximum absolute atomic E-state index is 12.6. The molecule has 10 heteroatoms. The summed E-state index contributed by atoms with van der Waals surface area (Å²) in [7, 11) is 0. The summed E-state index contributed by atoms with van der Waals surface area (Å²) in [5, 5.41) is 19.6. The summed E-state index contributed by atoms with van der Waals surface area (Å²) in [6.07, 6.45) is 0. The zero-order chi connectivity index (χ0) is 21.5. The third-order valence-corrected chi connectivity index (χ3v) is 4.66. The topological polar surface area (TPSA) is 122 Å². The van der Waals surface area contributed by atoms with Crippen molar-refractivity contribution >= 4 is 23.4 Å². The molecule has 3 aromatic rings. The Hall–Kier alpha value is -3.31. The molecule has 0 atom stereocenters. The number of nitrogens with zero attached hydrogens (tertiary/aromatic N) is 2. The van der Waals surface area contributed by atoms with Crippen LogP contribution in [-0.4, -0.2) is 5.26 Å². The standard InChI is InChI=1S/C20H18N4O5S/c1-12-3-8-16(13(2)11-12)22-24-19-18(25)10-9-17(20(19)26)23-21-14-4-6-15(7-5-14)30-29-28-27/h3-11,21-22,27H,1-2H3. The predicted octanol–water partition coefficient (Wildman–Crippen LogP) is 2.18. The lowest BCUT2D eigenvalue weighted by Crippen LogP contribution is -2.48. The van der Waals surface area contributed by atoms with Gasteiger partial charge in [0.15, 0.2) is 5.36 Å². The van der Waals surface area contributed by atoms with E-state index in [4.69, 9.17) is 5.26 Å². The van der Waals surface area contributed by atoms with Gasteiger partial charge in [-0.15, -0.1) is 4.33 Å². The second kappa shape index (κ2) is 9.94. The third kappa shape index (κ3) is 5.39. The molecule has 0 fully saturated rings. The van der Waals surface area contributed by atoms with Crippen LogP contribution in [0, 0.1) is 13.8 Å². The van der Waals surface area contributed by atoms with Crippen LogP contribution < -0.4 is 32.4 Å². The molecule has 3 N–H and O–H groups in total. The Balaban J connectivity index is 1.85. The second-order valence-electron chi connectivity index (χ2n) is 6.28. The minimum atomic E-state index is -0.590. The van der Waals surface area contributed by atoms with Gasteiger partial charge >= 0.3 is 0 Å². The molecule has 9 nitrogen and oxygen atoms in total. The van der Waals surface area contributed by atoms with Crippen molar-refractivity contribution < 1.29 is 14.6 Å². The highest BCUT2D eigenvalue weighted by molar-refractivity contribution is 7.94. The van der Waals surface area contributed by atoms with Gasteiger partial charge in [0.25, 0.3) is 0 Å². The van der Waals surface area contributed by atoms with Crippen molar-refractivity contribution in [2.24, 2.45) is 10.2 Å². The smallest absolute Gasteiger partial charge is 0.237 e. The van der Waals surface area contributed by atoms with E-state index in [0.717, 1.165) is 23.2 Å². The van der Waals surface area contributed by atoms with E-state index in [0.29, 0.717) is 16.3 Å². The second-order valence-corrected chi connectivity index (χ2v) is 7.05. The molecule has 0 spiro atoms. The zero-order valence-electron chi connectivity index (χ0n) is 16.1. The molecule has 0 bridgehead atoms. The number of hydrogen-bond acceptors (Lipinski definition) is 10. The van der Waals surface area contributed by atoms with Crippen LogP contribution in [0.5, 0.6) is 0 Å².